The van der Waals surface area contributed by atoms with Crippen LogP contribution in [0.15, 0.2) is 52.5 Å². The maximum absolute atomic E-state index is 13.5. The van der Waals surface area contributed by atoms with Gasteiger partial charge >= 0.3 is 0 Å². The third kappa shape index (κ3) is 5.56. The van der Waals surface area contributed by atoms with Gasteiger partial charge in [0.05, 0.1) is 23.3 Å². The number of nitrogens with zero attached hydrogens (tertiary/aromatic N) is 4. The molecule has 1 aliphatic heterocycles. The first-order valence-electron chi connectivity index (χ1n) is 15.3. The first-order valence-corrected chi connectivity index (χ1v) is 16.0. The van der Waals surface area contributed by atoms with Crippen LogP contribution < -0.4 is 16.2 Å². The smallest absolute Gasteiger partial charge is 0.261 e. The molecule has 42 heavy (non-hydrogen) atoms. The van der Waals surface area contributed by atoms with Crippen molar-refractivity contribution in [3.63, 3.8) is 0 Å². The fourth-order valence-corrected chi connectivity index (χ4v) is 8.01. The summed E-state index contributed by atoms with van der Waals surface area (Å²) in [6.07, 6.45) is 4.74. The predicted octanol–water partition coefficient (Wildman–Crippen LogP) is 6.64. The highest BCUT2D eigenvalue weighted by Crippen LogP contribution is 2.61. The lowest BCUT2D eigenvalue weighted by Crippen LogP contribution is -2.57. The highest BCUT2D eigenvalue weighted by molar-refractivity contribution is 6.35. The van der Waals surface area contributed by atoms with Gasteiger partial charge in [0.2, 0.25) is 0 Å². The number of aromatic nitrogens is 2. The molecule has 7 rings (SSSR count). The van der Waals surface area contributed by atoms with E-state index in [9.17, 15) is 4.79 Å². The van der Waals surface area contributed by atoms with Gasteiger partial charge in [0.1, 0.15) is 0 Å². The zero-order valence-corrected chi connectivity index (χ0v) is 26.7. The van der Waals surface area contributed by atoms with Crippen LogP contribution in [0.4, 0.5) is 5.69 Å². The second-order valence-corrected chi connectivity index (χ2v) is 14.2. The molecule has 6 atom stereocenters. The molecule has 3 aliphatic carbocycles. The van der Waals surface area contributed by atoms with E-state index in [1.807, 2.05) is 37.3 Å². The van der Waals surface area contributed by atoms with E-state index in [2.05, 4.69) is 43.2 Å². The molecule has 2 N–H and O–H groups in total. The second-order valence-electron chi connectivity index (χ2n) is 13.4. The first-order chi connectivity index (χ1) is 20.0. The standard InChI is InChI=1S/C33H42Cl2N6O/c1-19-17-40(11-10-36-19)32(39-29-14-23-13-27(21(29)3)33(23,4)5)38-25-8-9-26-30(16-25)37-18-41(31(26)42)20(2)12-22-6-7-24(34)15-28(22)35/h6-9,15-16,18-21,23,27,29,36H,10-14,17H2,1-5H3,(H,38,39). The van der Waals surface area contributed by atoms with Gasteiger partial charge in [0.25, 0.3) is 5.56 Å². The molecule has 1 saturated heterocycles. The summed E-state index contributed by atoms with van der Waals surface area (Å²) in [6.45, 7) is 14.2. The number of benzene rings is 2. The zero-order valence-electron chi connectivity index (χ0n) is 25.2. The van der Waals surface area contributed by atoms with Crippen LogP contribution >= 0.6 is 23.2 Å². The number of rotatable bonds is 5. The molecule has 3 aromatic rings. The average Bonchev–Trinajstić information content (AvgIpc) is 2.95. The summed E-state index contributed by atoms with van der Waals surface area (Å²) in [5.41, 5.74) is 2.87. The summed E-state index contributed by atoms with van der Waals surface area (Å²) < 4.78 is 1.69. The van der Waals surface area contributed by atoms with E-state index in [0.29, 0.717) is 50.8 Å². The molecule has 1 aromatic heterocycles. The van der Waals surface area contributed by atoms with Crippen molar-refractivity contribution in [1.29, 1.82) is 0 Å². The monoisotopic (exact) mass is 608 g/mol. The number of guanidine groups is 1. The zero-order chi connectivity index (χ0) is 29.8. The summed E-state index contributed by atoms with van der Waals surface area (Å²) in [5, 5.41) is 8.99. The Morgan fingerprint density at radius 3 is 2.71 bits per heavy atom. The minimum atomic E-state index is -0.118. The van der Waals surface area contributed by atoms with Gasteiger partial charge in [-0.1, -0.05) is 50.0 Å². The van der Waals surface area contributed by atoms with Gasteiger partial charge in [-0.2, -0.15) is 0 Å². The molecule has 3 saturated carbocycles. The summed E-state index contributed by atoms with van der Waals surface area (Å²) in [6, 6.07) is 11.9. The van der Waals surface area contributed by atoms with Gasteiger partial charge in [-0.15, -0.1) is 0 Å². The van der Waals surface area contributed by atoms with E-state index in [-0.39, 0.29) is 11.6 Å². The molecule has 4 fully saturated rings. The van der Waals surface area contributed by atoms with E-state index >= 15 is 0 Å². The molecule has 2 bridgehead atoms. The van der Waals surface area contributed by atoms with Gasteiger partial charge < -0.3 is 15.5 Å². The van der Waals surface area contributed by atoms with Crippen molar-refractivity contribution in [1.82, 2.24) is 19.8 Å². The molecule has 7 nitrogen and oxygen atoms in total. The SMILES string of the molecule is CC1CN(C(=NC2CC3CC(C2C)C3(C)C)Nc2ccc3c(=O)n(C(C)Cc4ccc(Cl)cc4Cl)cnc3c2)CCN1. The number of fused-ring (bicyclic) bond motifs is 3. The van der Waals surface area contributed by atoms with E-state index in [4.69, 9.17) is 33.2 Å². The van der Waals surface area contributed by atoms with Crippen LogP contribution in [-0.4, -0.2) is 52.1 Å². The van der Waals surface area contributed by atoms with Crippen LogP contribution in [0, 0.1) is 23.2 Å². The Morgan fingerprint density at radius 1 is 1.19 bits per heavy atom. The third-order valence-corrected chi connectivity index (χ3v) is 10.9. The van der Waals surface area contributed by atoms with Crippen LogP contribution in [-0.2, 0) is 6.42 Å². The largest absolute Gasteiger partial charge is 0.340 e. The van der Waals surface area contributed by atoms with Gasteiger partial charge in [0, 0.05) is 47.5 Å². The van der Waals surface area contributed by atoms with Crippen LogP contribution in [0.5, 0.6) is 0 Å². The molecule has 224 valence electrons. The fraction of sp³-hybridized carbons (Fsp3) is 0.545. The molecule has 2 heterocycles. The summed E-state index contributed by atoms with van der Waals surface area (Å²) in [7, 11) is 0. The Balaban J connectivity index is 1.25. The molecule has 2 aromatic carbocycles. The van der Waals surface area contributed by atoms with Crippen molar-refractivity contribution < 1.29 is 0 Å². The van der Waals surface area contributed by atoms with Crippen molar-refractivity contribution in [2.45, 2.75) is 72.0 Å². The number of piperazine rings is 1. The normalized spacial score (nSPS) is 27.9. The van der Waals surface area contributed by atoms with Crippen molar-refractivity contribution in [3.05, 3.63) is 68.7 Å². The number of hydrogen-bond acceptors (Lipinski definition) is 4. The maximum Gasteiger partial charge on any atom is 0.261 e. The van der Waals surface area contributed by atoms with Crippen molar-refractivity contribution in [2.24, 2.45) is 28.2 Å². The predicted molar refractivity (Wildman–Crippen MR) is 174 cm³/mol. The molecule has 0 radical (unpaired) electrons. The third-order valence-electron chi connectivity index (χ3n) is 10.3. The number of anilines is 1. The molecule has 0 spiro atoms. The topological polar surface area (TPSA) is 74.5 Å². The van der Waals surface area contributed by atoms with Crippen LogP contribution in [0.1, 0.15) is 59.1 Å². The second kappa shape index (κ2) is 11.5. The summed E-state index contributed by atoms with van der Waals surface area (Å²) >= 11 is 12.5. The van der Waals surface area contributed by atoms with Crippen LogP contribution in [0.3, 0.4) is 0 Å². The Kier molecular flexibility index (Phi) is 8.05. The number of halogens is 2. The highest BCUT2D eigenvalue weighted by Gasteiger charge is 2.56. The number of nitrogens with one attached hydrogen (secondary N) is 2. The lowest BCUT2D eigenvalue weighted by molar-refractivity contribution is -0.108. The Morgan fingerprint density at radius 2 is 2.00 bits per heavy atom. The lowest BCUT2D eigenvalue weighted by atomic mass is 9.45. The van der Waals surface area contributed by atoms with Gasteiger partial charge in [0.15, 0.2) is 5.96 Å². The van der Waals surface area contributed by atoms with Crippen molar-refractivity contribution in [2.75, 3.05) is 25.0 Å². The minimum absolute atomic E-state index is 0.0631. The first kappa shape index (κ1) is 29.5. The lowest BCUT2D eigenvalue weighted by Gasteiger charge is -2.61. The van der Waals surface area contributed by atoms with Crippen LogP contribution in [0.2, 0.25) is 10.0 Å². The number of hydrogen-bond donors (Lipinski definition) is 2. The van der Waals surface area contributed by atoms with Crippen molar-refractivity contribution >= 4 is 45.8 Å². The van der Waals surface area contributed by atoms with E-state index in [1.165, 1.54) is 6.42 Å². The summed E-state index contributed by atoms with van der Waals surface area (Å²) in [4.78, 5) is 26.0. The highest BCUT2D eigenvalue weighted by atomic mass is 35.5. The molecule has 9 heteroatoms. The molecule has 4 aliphatic rings. The Hall–Kier alpha value is -2.61. The molecular formula is C33H42Cl2N6O. The minimum Gasteiger partial charge on any atom is -0.340 e. The van der Waals surface area contributed by atoms with E-state index in [0.717, 1.165) is 55.1 Å². The fourth-order valence-electron chi connectivity index (χ4n) is 7.53. The number of aliphatic imine (C=N–C) groups is 1. The van der Waals surface area contributed by atoms with Gasteiger partial charge in [-0.25, -0.2) is 9.98 Å². The van der Waals surface area contributed by atoms with Gasteiger partial charge in [-0.05, 0) is 92.2 Å². The van der Waals surface area contributed by atoms with E-state index < -0.39 is 0 Å². The van der Waals surface area contributed by atoms with Crippen molar-refractivity contribution in [3.8, 4) is 0 Å². The quantitative estimate of drug-likeness (QED) is 0.251. The molecule has 6 unspecified atom stereocenters. The average molecular weight is 610 g/mol. The Bertz CT molecular complexity index is 1570. The van der Waals surface area contributed by atoms with Crippen LogP contribution in [0.25, 0.3) is 10.9 Å². The molecular weight excluding hydrogens is 567 g/mol. The maximum atomic E-state index is 13.5. The summed E-state index contributed by atoms with van der Waals surface area (Å²) in [5.74, 6) is 2.98. The Labute approximate surface area is 258 Å². The van der Waals surface area contributed by atoms with E-state index in [1.54, 1.807) is 17.0 Å². The van der Waals surface area contributed by atoms with Gasteiger partial charge in [-0.3, -0.25) is 9.36 Å². The molecule has 0 amide bonds.